The summed E-state index contributed by atoms with van der Waals surface area (Å²) in [5.74, 6) is -2.65. The largest absolute Gasteiger partial charge is 0.545 e. The fourth-order valence-electron chi connectivity index (χ4n) is 5.92. The summed E-state index contributed by atoms with van der Waals surface area (Å²) in [6.45, 7) is 0. The Balaban J connectivity index is 0.000000208. The molecule has 1 amide bonds. The number of H-pyrrole nitrogens is 1. The van der Waals surface area contributed by atoms with E-state index in [1.54, 1.807) is 24.3 Å². The quantitative estimate of drug-likeness (QED) is 0.0986. The van der Waals surface area contributed by atoms with Crippen LogP contribution >= 0.6 is 0 Å². The highest BCUT2D eigenvalue weighted by Crippen LogP contribution is 2.37. The van der Waals surface area contributed by atoms with Crippen molar-refractivity contribution in [1.29, 1.82) is 0 Å². The molecule has 1 aliphatic rings. The van der Waals surface area contributed by atoms with Crippen LogP contribution in [0, 0.1) is 0 Å². The van der Waals surface area contributed by atoms with Crippen LogP contribution in [0.5, 0.6) is 5.88 Å². The lowest BCUT2D eigenvalue weighted by molar-refractivity contribution is -0.256. The molecule has 0 unspecified atom stereocenters. The van der Waals surface area contributed by atoms with Gasteiger partial charge >= 0.3 is 0 Å². The second-order valence-corrected chi connectivity index (χ2v) is 14.7. The number of carboxylic acid groups (broad SMARTS) is 2. The van der Waals surface area contributed by atoms with Crippen molar-refractivity contribution in [2.45, 2.75) is 0 Å². The highest BCUT2D eigenvalue weighted by molar-refractivity contribution is 7.92. The zero-order valence-corrected chi connectivity index (χ0v) is 32.0. The van der Waals surface area contributed by atoms with Crippen molar-refractivity contribution in [3.05, 3.63) is 161 Å². The molecule has 6 N–H and O–H groups in total. The van der Waals surface area contributed by atoms with Crippen LogP contribution in [0.15, 0.2) is 138 Å². The van der Waals surface area contributed by atoms with E-state index in [0.717, 1.165) is 17.4 Å². The molecule has 3 heterocycles. The molecule has 0 spiro atoms. The molecule has 17 nitrogen and oxygen atoms in total. The van der Waals surface area contributed by atoms with Gasteiger partial charge in [-0.1, -0.05) is 84.9 Å². The third kappa shape index (κ3) is 9.59. The van der Waals surface area contributed by atoms with E-state index in [4.69, 9.17) is 0 Å². The Morgan fingerprint density at radius 1 is 0.583 bits per heavy atom. The minimum atomic E-state index is -3.43. The number of hydrogen-bond acceptors (Lipinski definition) is 14. The molecule has 0 saturated carbocycles. The van der Waals surface area contributed by atoms with E-state index in [9.17, 15) is 38.1 Å². The number of fused-ring (bicyclic) bond motifs is 1. The number of amides is 1. The Bertz CT molecular complexity index is 2780. The van der Waals surface area contributed by atoms with E-state index in [-0.39, 0.29) is 40.8 Å². The number of sulfonamides is 1. The standard InChI is InChI=1S/C24H21N7O6S.C18H12N2O2/c1-38(36,37)31-19-12-10-18(11-13-19)27-24-29-22(25-16-6-2-14(3-7-16)20(32)33)28-23(30-24)26-17-8-4-15(5-9-17)21(34)35;21-17-13-14(16(20-17)12-9-5-2-6-10-12)18(22)19-15(13)11-7-3-1-4-8-11/h2-13,31H,1H3,(H,32,33)(H,34,35)(H3,25,26,27,28,29,30);1-10,19,22H/p-2. The van der Waals surface area contributed by atoms with Crippen LogP contribution in [-0.2, 0) is 10.0 Å². The van der Waals surface area contributed by atoms with Gasteiger partial charge in [0.2, 0.25) is 27.9 Å². The molecule has 18 heteroatoms. The number of nitrogens with one attached hydrogen (secondary N) is 5. The summed E-state index contributed by atoms with van der Waals surface area (Å²) in [6, 6.07) is 36.7. The predicted molar refractivity (Wildman–Crippen MR) is 220 cm³/mol. The number of hydrogen-bond donors (Lipinski definition) is 6. The number of anilines is 7. The van der Waals surface area contributed by atoms with Gasteiger partial charge in [-0.15, -0.1) is 0 Å². The Hall–Kier alpha value is -8.38. The van der Waals surface area contributed by atoms with Gasteiger partial charge in [0.25, 0.3) is 5.91 Å². The smallest absolute Gasteiger partial charge is 0.280 e. The van der Waals surface area contributed by atoms with E-state index in [1.165, 1.54) is 48.5 Å². The number of carboxylic acids is 2. The molecule has 2 aromatic heterocycles. The van der Waals surface area contributed by atoms with E-state index < -0.39 is 22.0 Å². The topological polar surface area (TPSA) is 267 Å². The Morgan fingerprint density at radius 3 is 1.40 bits per heavy atom. The van der Waals surface area contributed by atoms with E-state index in [1.807, 2.05) is 60.7 Å². The molecule has 300 valence electrons. The van der Waals surface area contributed by atoms with Crippen molar-refractivity contribution in [3.63, 3.8) is 0 Å². The maximum absolute atomic E-state index is 12.3. The van der Waals surface area contributed by atoms with Gasteiger partial charge in [0.1, 0.15) is 0 Å². The van der Waals surface area contributed by atoms with Crippen LogP contribution in [0.3, 0.4) is 0 Å². The molecule has 0 saturated heterocycles. The van der Waals surface area contributed by atoms with Crippen LogP contribution in [0.4, 0.5) is 40.6 Å². The van der Waals surface area contributed by atoms with Crippen LogP contribution in [0.25, 0.3) is 11.3 Å². The highest BCUT2D eigenvalue weighted by Gasteiger charge is 2.33. The van der Waals surface area contributed by atoms with Gasteiger partial charge in [0, 0.05) is 28.3 Å². The first-order valence-corrected chi connectivity index (χ1v) is 19.7. The number of rotatable bonds is 12. The summed E-state index contributed by atoms with van der Waals surface area (Å²) in [5, 5.41) is 41.2. The van der Waals surface area contributed by atoms with Gasteiger partial charge in [0.05, 0.1) is 40.7 Å². The molecule has 0 fully saturated rings. The maximum Gasteiger partial charge on any atom is 0.280 e. The molecule has 7 aromatic rings. The SMILES string of the molecule is CS(=O)(=O)Nc1ccc(Nc2nc(Nc3ccc(C(=O)[O-])cc3)nc(Nc3ccc(C(=O)[O-])cc3)n2)cc1.O=C1N=C(c2ccccc2)c2c(O)[nH]c(-c3ccccc3)c21. The first-order valence-electron chi connectivity index (χ1n) is 17.8. The van der Waals surface area contributed by atoms with Crippen molar-refractivity contribution in [2.75, 3.05) is 26.9 Å². The maximum atomic E-state index is 12.3. The van der Waals surface area contributed by atoms with Gasteiger partial charge in [0.15, 0.2) is 5.88 Å². The Kier molecular flexibility index (Phi) is 11.3. The summed E-state index contributed by atoms with van der Waals surface area (Å²) in [4.78, 5) is 54.4. The Labute approximate surface area is 341 Å². The average Bonchev–Trinajstić information content (AvgIpc) is 3.76. The number of carbonyl (C=O) groups excluding carboxylic acids is 3. The third-order valence-corrected chi connectivity index (χ3v) is 9.19. The fourth-order valence-corrected chi connectivity index (χ4v) is 6.48. The van der Waals surface area contributed by atoms with Crippen molar-refractivity contribution in [3.8, 4) is 17.1 Å². The summed E-state index contributed by atoms with van der Waals surface area (Å²) in [6.07, 6.45) is 1.05. The molecule has 0 bridgehead atoms. The monoisotopic (exact) mass is 821 g/mol. The van der Waals surface area contributed by atoms with Crippen molar-refractivity contribution in [1.82, 2.24) is 19.9 Å². The van der Waals surface area contributed by atoms with Crippen LogP contribution in [0.2, 0.25) is 0 Å². The molecule has 5 aromatic carbocycles. The summed E-state index contributed by atoms with van der Waals surface area (Å²) in [5.41, 5.74) is 5.60. The van der Waals surface area contributed by atoms with E-state index >= 15 is 0 Å². The predicted octanol–water partition coefficient (Wildman–Crippen LogP) is 4.58. The number of carbonyl (C=O) groups is 3. The second-order valence-electron chi connectivity index (χ2n) is 13.0. The lowest BCUT2D eigenvalue weighted by Gasteiger charge is -2.13. The Morgan fingerprint density at radius 2 is 0.983 bits per heavy atom. The second kappa shape index (κ2) is 17.0. The molecule has 60 heavy (non-hydrogen) atoms. The van der Waals surface area contributed by atoms with Crippen LogP contribution in [0.1, 0.15) is 42.2 Å². The van der Waals surface area contributed by atoms with Crippen LogP contribution in [-0.4, -0.2) is 63.3 Å². The first-order chi connectivity index (χ1) is 28.8. The third-order valence-electron chi connectivity index (χ3n) is 8.59. The normalized spacial score (nSPS) is 11.7. The molecule has 0 aliphatic carbocycles. The molecular formula is C42H31N9O8S-2. The van der Waals surface area contributed by atoms with E-state index in [0.29, 0.717) is 45.3 Å². The van der Waals surface area contributed by atoms with Gasteiger partial charge in [-0.3, -0.25) is 9.52 Å². The molecular weight excluding hydrogens is 791 g/mol. The van der Waals surface area contributed by atoms with Crippen molar-refractivity contribution >= 4 is 74.2 Å². The number of aromatic amines is 1. The van der Waals surface area contributed by atoms with Crippen LogP contribution < -0.4 is 30.9 Å². The first kappa shape index (κ1) is 39.8. The minimum Gasteiger partial charge on any atom is -0.545 e. The summed E-state index contributed by atoms with van der Waals surface area (Å²) < 4.78 is 25.2. The minimum absolute atomic E-state index is 0.00438. The average molecular weight is 822 g/mol. The fraction of sp³-hybridized carbons (Fsp3) is 0.0238. The number of benzene rings is 5. The van der Waals surface area contributed by atoms with Gasteiger partial charge in [-0.25, -0.2) is 13.4 Å². The molecule has 8 rings (SSSR count). The lowest BCUT2D eigenvalue weighted by Crippen LogP contribution is -2.21. The zero-order valence-electron chi connectivity index (χ0n) is 31.2. The number of aromatic carboxylic acids is 2. The lowest BCUT2D eigenvalue weighted by atomic mass is 10.0. The number of aromatic nitrogens is 4. The van der Waals surface area contributed by atoms with Gasteiger partial charge in [-0.2, -0.15) is 15.0 Å². The number of aliphatic imine (C=N–C) groups is 1. The molecule has 0 atom stereocenters. The van der Waals surface area contributed by atoms with Gasteiger partial charge < -0.3 is 45.8 Å². The zero-order chi connectivity index (χ0) is 42.4. The van der Waals surface area contributed by atoms with Crippen molar-refractivity contribution in [2.24, 2.45) is 4.99 Å². The molecule has 1 aliphatic heterocycles. The number of aromatic hydroxyl groups is 1. The summed E-state index contributed by atoms with van der Waals surface area (Å²) in [7, 11) is -3.43. The summed E-state index contributed by atoms with van der Waals surface area (Å²) >= 11 is 0. The number of nitrogens with zero attached hydrogens (tertiary/aromatic N) is 4. The molecule has 0 radical (unpaired) electrons. The highest BCUT2D eigenvalue weighted by atomic mass is 32.2. The van der Waals surface area contributed by atoms with Crippen molar-refractivity contribution < 1.29 is 38.1 Å². The van der Waals surface area contributed by atoms with Gasteiger partial charge in [-0.05, 0) is 65.2 Å². The van der Waals surface area contributed by atoms with E-state index in [2.05, 4.69) is 45.6 Å².